The maximum atomic E-state index is 13.6. The predicted octanol–water partition coefficient (Wildman–Crippen LogP) is 4.87. The normalized spacial score (nSPS) is 11.7. The molecule has 0 aliphatic carbocycles. The first-order valence-electron chi connectivity index (χ1n) is 12.5. The summed E-state index contributed by atoms with van der Waals surface area (Å²) < 4.78 is 5.58. The van der Waals surface area contributed by atoms with Crippen LogP contribution in [0.25, 0.3) is 0 Å². The summed E-state index contributed by atoms with van der Waals surface area (Å²) >= 11 is 0. The Morgan fingerprint density at radius 1 is 0.743 bits per heavy atom. The number of carbonyl (C=O) groups is 2. The maximum absolute atomic E-state index is 13.6. The highest BCUT2D eigenvalue weighted by Crippen LogP contribution is 2.25. The summed E-state index contributed by atoms with van der Waals surface area (Å²) in [5.41, 5.74) is 2.77. The van der Waals surface area contributed by atoms with Gasteiger partial charge in [0.05, 0.1) is 5.92 Å². The quantitative estimate of drug-likeness (QED) is 0.329. The van der Waals surface area contributed by atoms with E-state index in [9.17, 15) is 9.59 Å². The number of hydrogen-bond donors (Lipinski definition) is 2. The van der Waals surface area contributed by atoms with Gasteiger partial charge in [0.15, 0.2) is 0 Å². The van der Waals surface area contributed by atoms with Gasteiger partial charge < -0.3 is 15.4 Å². The van der Waals surface area contributed by atoms with Gasteiger partial charge in [0.25, 0.3) is 0 Å². The van der Waals surface area contributed by atoms with Crippen molar-refractivity contribution in [1.82, 2.24) is 10.6 Å². The van der Waals surface area contributed by atoms with Gasteiger partial charge in [-0.25, -0.2) is 0 Å². The number of amides is 2. The second-order valence-corrected chi connectivity index (χ2v) is 8.62. The van der Waals surface area contributed by atoms with Crippen LogP contribution < -0.4 is 10.6 Å². The van der Waals surface area contributed by atoms with Gasteiger partial charge in [0.2, 0.25) is 11.8 Å². The smallest absolute Gasteiger partial charge is 0.242 e. The lowest BCUT2D eigenvalue weighted by molar-refractivity contribution is -0.129. The molecule has 5 heteroatoms. The highest BCUT2D eigenvalue weighted by molar-refractivity contribution is 5.92. The average molecular weight is 473 g/mol. The highest BCUT2D eigenvalue weighted by atomic mass is 16.5. The van der Waals surface area contributed by atoms with Crippen LogP contribution in [0.5, 0.6) is 0 Å². The number of unbranched alkanes of at least 4 members (excludes halogenated alkanes) is 1. The van der Waals surface area contributed by atoms with E-state index in [1.54, 1.807) is 0 Å². The van der Waals surface area contributed by atoms with Crippen LogP contribution in [0.4, 0.5) is 0 Å². The fraction of sp³-hybridized carbons (Fsp3) is 0.333. The van der Waals surface area contributed by atoms with Crippen molar-refractivity contribution in [3.63, 3.8) is 0 Å². The summed E-state index contributed by atoms with van der Waals surface area (Å²) in [6, 6.07) is 28.4. The van der Waals surface area contributed by atoms with Gasteiger partial charge in [-0.3, -0.25) is 9.59 Å². The molecule has 1 atom stereocenters. The second-order valence-electron chi connectivity index (χ2n) is 8.62. The first-order chi connectivity index (χ1) is 17.2. The molecule has 0 saturated heterocycles. The van der Waals surface area contributed by atoms with E-state index in [0.717, 1.165) is 42.6 Å². The van der Waals surface area contributed by atoms with Crippen LogP contribution in [0.3, 0.4) is 0 Å². The Bertz CT molecular complexity index is 970. The molecule has 2 amide bonds. The van der Waals surface area contributed by atoms with Crippen molar-refractivity contribution in [3.8, 4) is 0 Å². The molecule has 0 unspecified atom stereocenters. The highest BCUT2D eigenvalue weighted by Gasteiger charge is 2.28. The number of benzene rings is 3. The molecule has 0 heterocycles. The van der Waals surface area contributed by atoms with E-state index in [1.807, 2.05) is 91.0 Å². The van der Waals surface area contributed by atoms with Crippen molar-refractivity contribution in [2.45, 2.75) is 44.6 Å². The van der Waals surface area contributed by atoms with E-state index in [2.05, 4.69) is 17.6 Å². The van der Waals surface area contributed by atoms with E-state index in [4.69, 9.17) is 4.74 Å². The largest absolute Gasteiger partial charge is 0.381 e. The Kier molecular flexibility index (Phi) is 11.0. The van der Waals surface area contributed by atoms with Gasteiger partial charge in [-0.15, -0.1) is 0 Å². The van der Waals surface area contributed by atoms with Crippen molar-refractivity contribution in [2.24, 2.45) is 0 Å². The summed E-state index contributed by atoms with van der Waals surface area (Å²) in [4.78, 5) is 26.8. The lowest BCUT2D eigenvalue weighted by Gasteiger charge is -2.23. The molecule has 3 aromatic carbocycles. The lowest BCUT2D eigenvalue weighted by atomic mass is 9.90. The zero-order valence-electron chi connectivity index (χ0n) is 20.5. The Morgan fingerprint density at radius 2 is 1.29 bits per heavy atom. The number of nitrogens with one attached hydrogen (secondary N) is 2. The molecule has 5 nitrogen and oxygen atoms in total. The zero-order chi connectivity index (χ0) is 24.7. The van der Waals surface area contributed by atoms with Crippen LogP contribution in [0.2, 0.25) is 0 Å². The third-order valence-electron chi connectivity index (χ3n) is 5.85. The molecular formula is C30H36N2O3. The van der Waals surface area contributed by atoms with E-state index in [1.165, 1.54) is 0 Å². The lowest BCUT2D eigenvalue weighted by Crippen LogP contribution is -2.49. The Hall–Kier alpha value is -3.44. The molecule has 0 spiro atoms. The average Bonchev–Trinajstić information content (AvgIpc) is 2.89. The minimum atomic E-state index is -0.680. The minimum absolute atomic E-state index is 0.185. The molecule has 0 saturated carbocycles. The van der Waals surface area contributed by atoms with Gasteiger partial charge in [0.1, 0.15) is 6.04 Å². The number of hydrogen-bond acceptors (Lipinski definition) is 3. The van der Waals surface area contributed by atoms with Crippen LogP contribution >= 0.6 is 0 Å². The Labute approximate surface area is 208 Å². The third-order valence-corrected chi connectivity index (χ3v) is 5.85. The maximum Gasteiger partial charge on any atom is 0.242 e. The molecule has 0 aliphatic heterocycles. The molecular weight excluding hydrogens is 436 g/mol. The molecule has 3 rings (SSSR count). The summed E-state index contributed by atoms with van der Waals surface area (Å²) in [5.74, 6) is -0.882. The van der Waals surface area contributed by atoms with E-state index in [0.29, 0.717) is 19.6 Å². The SMILES string of the molecule is CCCCOCCCNC(=O)[C@H](Cc1ccccc1)NC(=O)C(c1ccccc1)c1ccccc1. The fourth-order valence-electron chi connectivity index (χ4n) is 3.96. The van der Waals surface area contributed by atoms with Gasteiger partial charge >= 0.3 is 0 Å². The summed E-state index contributed by atoms with van der Waals surface area (Å²) in [6.07, 6.45) is 3.30. The van der Waals surface area contributed by atoms with Crippen LogP contribution in [-0.2, 0) is 20.7 Å². The molecule has 0 bridgehead atoms. The minimum Gasteiger partial charge on any atom is -0.381 e. The molecule has 3 aromatic rings. The van der Waals surface area contributed by atoms with Gasteiger partial charge in [-0.2, -0.15) is 0 Å². The van der Waals surface area contributed by atoms with Crippen molar-refractivity contribution in [1.29, 1.82) is 0 Å². The van der Waals surface area contributed by atoms with Crippen LogP contribution in [0.15, 0.2) is 91.0 Å². The molecule has 35 heavy (non-hydrogen) atoms. The second kappa shape index (κ2) is 14.7. The van der Waals surface area contributed by atoms with E-state index in [-0.39, 0.29) is 11.8 Å². The van der Waals surface area contributed by atoms with Crippen LogP contribution in [0, 0.1) is 0 Å². The first kappa shape index (κ1) is 26.2. The molecule has 184 valence electrons. The van der Waals surface area contributed by atoms with Gasteiger partial charge in [0, 0.05) is 26.2 Å². The molecule has 2 N–H and O–H groups in total. The fourth-order valence-corrected chi connectivity index (χ4v) is 3.96. The molecule has 0 radical (unpaired) electrons. The van der Waals surface area contributed by atoms with Crippen molar-refractivity contribution < 1.29 is 14.3 Å². The Balaban J connectivity index is 1.71. The van der Waals surface area contributed by atoms with Gasteiger partial charge in [-0.1, -0.05) is 104 Å². The summed E-state index contributed by atoms with van der Waals surface area (Å²) in [6.45, 7) is 4.00. The van der Waals surface area contributed by atoms with Crippen molar-refractivity contribution >= 4 is 11.8 Å². The summed E-state index contributed by atoms with van der Waals surface area (Å²) in [5, 5.41) is 6.03. The van der Waals surface area contributed by atoms with Crippen molar-refractivity contribution in [3.05, 3.63) is 108 Å². The van der Waals surface area contributed by atoms with E-state index >= 15 is 0 Å². The standard InChI is InChI=1S/C30H36N2O3/c1-2-3-21-35-22-13-20-31-29(33)27(23-24-14-7-4-8-15-24)32-30(34)28(25-16-9-5-10-17-25)26-18-11-6-12-19-26/h4-12,14-19,27-28H,2-3,13,20-23H2,1H3,(H,31,33)(H,32,34)/t27-/m0/s1. The third kappa shape index (κ3) is 8.69. The van der Waals surface area contributed by atoms with Crippen molar-refractivity contribution in [2.75, 3.05) is 19.8 Å². The number of ether oxygens (including phenoxy) is 1. The molecule has 0 fully saturated rings. The van der Waals surface area contributed by atoms with Gasteiger partial charge in [-0.05, 0) is 29.5 Å². The predicted molar refractivity (Wildman–Crippen MR) is 140 cm³/mol. The first-order valence-corrected chi connectivity index (χ1v) is 12.5. The zero-order valence-corrected chi connectivity index (χ0v) is 20.5. The number of carbonyl (C=O) groups excluding carboxylic acids is 2. The van der Waals surface area contributed by atoms with E-state index < -0.39 is 12.0 Å². The van der Waals surface area contributed by atoms with Crippen LogP contribution in [0.1, 0.15) is 48.8 Å². The molecule has 0 aliphatic rings. The monoisotopic (exact) mass is 472 g/mol. The van der Waals surface area contributed by atoms with Crippen LogP contribution in [-0.4, -0.2) is 37.6 Å². The number of rotatable bonds is 14. The Morgan fingerprint density at radius 3 is 1.86 bits per heavy atom. The summed E-state index contributed by atoms with van der Waals surface area (Å²) in [7, 11) is 0. The topological polar surface area (TPSA) is 67.4 Å². The molecule has 0 aromatic heterocycles.